The quantitative estimate of drug-likeness (QED) is 0.803. The van der Waals surface area contributed by atoms with Gasteiger partial charge in [0.15, 0.2) is 0 Å². The third-order valence-electron chi connectivity index (χ3n) is 2.47. The van der Waals surface area contributed by atoms with E-state index in [4.69, 9.17) is 0 Å². The van der Waals surface area contributed by atoms with Crippen molar-refractivity contribution in [2.75, 3.05) is 4.90 Å². The molecule has 0 radical (unpaired) electrons. The van der Waals surface area contributed by atoms with Crippen molar-refractivity contribution < 1.29 is 9.90 Å². The molecule has 0 unspecified atom stereocenters. The Kier molecular flexibility index (Phi) is 3.40. The fourth-order valence-corrected chi connectivity index (χ4v) is 1.64. The van der Waals surface area contributed by atoms with Gasteiger partial charge in [-0.05, 0) is 17.7 Å². The van der Waals surface area contributed by atoms with Crippen LogP contribution in [0.5, 0.6) is 0 Å². The van der Waals surface area contributed by atoms with Crippen molar-refractivity contribution in [1.29, 1.82) is 0 Å². The van der Waals surface area contributed by atoms with Crippen LogP contribution in [0.3, 0.4) is 0 Å². The normalized spacial score (nSPS) is 9.88. The second kappa shape index (κ2) is 5.16. The van der Waals surface area contributed by atoms with E-state index in [1.54, 1.807) is 24.3 Å². The van der Waals surface area contributed by atoms with Gasteiger partial charge < -0.3 is 14.8 Å². The number of carbonyl (C=O) groups excluding carboxylic acids is 1. The molecule has 0 saturated carbocycles. The number of anilines is 1. The van der Waals surface area contributed by atoms with E-state index >= 15 is 0 Å². The molecule has 0 spiro atoms. The van der Waals surface area contributed by atoms with E-state index < -0.39 is 6.09 Å². The van der Waals surface area contributed by atoms with Gasteiger partial charge in [0.25, 0.3) is 0 Å². The summed E-state index contributed by atoms with van der Waals surface area (Å²) >= 11 is 0. The average molecular weight is 226 g/mol. The van der Waals surface area contributed by atoms with Gasteiger partial charge in [-0.1, -0.05) is 48.5 Å². The van der Waals surface area contributed by atoms with Crippen LogP contribution in [0, 0.1) is 0 Å². The summed E-state index contributed by atoms with van der Waals surface area (Å²) in [5, 5.41) is 11.1. The number of hydrogen-bond acceptors (Lipinski definition) is 2. The van der Waals surface area contributed by atoms with Crippen LogP contribution >= 0.6 is 0 Å². The van der Waals surface area contributed by atoms with Crippen molar-refractivity contribution in [3.8, 4) is 0 Å². The lowest BCUT2D eigenvalue weighted by Crippen LogP contribution is -2.40. The van der Waals surface area contributed by atoms with E-state index in [0.717, 1.165) is 5.56 Å². The van der Waals surface area contributed by atoms with Crippen molar-refractivity contribution in [3.63, 3.8) is 0 Å². The first-order valence-electron chi connectivity index (χ1n) is 5.35. The number of benzene rings is 2. The van der Waals surface area contributed by atoms with Crippen LogP contribution in [0.15, 0.2) is 60.7 Å². The highest BCUT2D eigenvalue weighted by Gasteiger charge is 2.07. The Morgan fingerprint density at radius 3 is 2.00 bits per heavy atom. The maximum absolute atomic E-state index is 11.1. The number of para-hydroxylation sites is 1. The van der Waals surface area contributed by atoms with Gasteiger partial charge in [0, 0.05) is 12.2 Å². The zero-order valence-corrected chi connectivity index (χ0v) is 9.24. The van der Waals surface area contributed by atoms with Gasteiger partial charge in [0.1, 0.15) is 6.09 Å². The highest BCUT2D eigenvalue weighted by atomic mass is 16.4. The highest BCUT2D eigenvalue weighted by Crippen LogP contribution is 2.16. The third-order valence-corrected chi connectivity index (χ3v) is 2.47. The number of hydrogen-bond donors (Lipinski definition) is 0. The lowest BCUT2D eigenvalue weighted by molar-refractivity contribution is -0.246. The van der Waals surface area contributed by atoms with Crippen LogP contribution in [0.1, 0.15) is 5.56 Å². The van der Waals surface area contributed by atoms with Crippen LogP contribution in [0.4, 0.5) is 10.5 Å². The van der Waals surface area contributed by atoms with E-state index in [1.165, 1.54) is 4.90 Å². The van der Waals surface area contributed by atoms with Crippen LogP contribution in [-0.4, -0.2) is 6.09 Å². The van der Waals surface area contributed by atoms with Gasteiger partial charge in [-0.3, -0.25) is 0 Å². The van der Waals surface area contributed by atoms with Gasteiger partial charge >= 0.3 is 0 Å². The predicted octanol–water partition coefficient (Wildman–Crippen LogP) is 2.04. The van der Waals surface area contributed by atoms with Gasteiger partial charge in [-0.25, -0.2) is 0 Å². The molecule has 2 rings (SSSR count). The molecule has 17 heavy (non-hydrogen) atoms. The minimum Gasteiger partial charge on any atom is -0.530 e. The summed E-state index contributed by atoms with van der Waals surface area (Å²) in [6.07, 6.45) is -1.19. The lowest BCUT2D eigenvalue weighted by atomic mass is 10.2. The van der Waals surface area contributed by atoms with Crippen LogP contribution in [-0.2, 0) is 6.54 Å². The Morgan fingerprint density at radius 2 is 1.47 bits per heavy atom. The Bertz CT molecular complexity index is 482. The van der Waals surface area contributed by atoms with Crippen LogP contribution in [0.2, 0.25) is 0 Å². The maximum atomic E-state index is 11.1. The van der Waals surface area contributed by atoms with Crippen molar-refractivity contribution in [3.05, 3.63) is 66.2 Å². The van der Waals surface area contributed by atoms with E-state index in [2.05, 4.69) is 0 Å². The van der Waals surface area contributed by atoms with Crippen molar-refractivity contribution in [2.24, 2.45) is 0 Å². The third kappa shape index (κ3) is 2.84. The molecule has 0 saturated heterocycles. The minimum absolute atomic E-state index is 0.299. The zero-order valence-electron chi connectivity index (χ0n) is 9.24. The molecule has 0 aliphatic rings. The number of rotatable bonds is 3. The Labute approximate surface area is 99.9 Å². The Hall–Kier alpha value is -2.29. The topological polar surface area (TPSA) is 43.4 Å². The first-order valence-corrected chi connectivity index (χ1v) is 5.35. The molecule has 0 N–H and O–H groups in total. The summed E-state index contributed by atoms with van der Waals surface area (Å²) in [5.74, 6) is 0. The molecule has 1 amide bonds. The second-order valence-corrected chi connectivity index (χ2v) is 3.67. The number of amides is 1. The highest BCUT2D eigenvalue weighted by molar-refractivity contribution is 5.84. The van der Waals surface area contributed by atoms with Crippen LogP contribution < -0.4 is 10.0 Å². The maximum Gasteiger partial charge on any atom is 0.141 e. The van der Waals surface area contributed by atoms with E-state index in [0.29, 0.717) is 12.2 Å². The summed E-state index contributed by atoms with van der Waals surface area (Å²) in [6.45, 7) is 0.299. The predicted molar refractivity (Wildman–Crippen MR) is 64.5 cm³/mol. The Morgan fingerprint density at radius 1 is 0.941 bits per heavy atom. The molecule has 0 fully saturated rings. The lowest BCUT2D eigenvalue weighted by Gasteiger charge is -2.25. The Balaban J connectivity index is 2.23. The fraction of sp³-hybridized carbons (Fsp3) is 0.0714. The monoisotopic (exact) mass is 226 g/mol. The van der Waals surface area contributed by atoms with E-state index in [1.807, 2.05) is 36.4 Å². The number of carbonyl (C=O) groups is 1. The average Bonchev–Trinajstić information content (AvgIpc) is 2.38. The van der Waals surface area contributed by atoms with Gasteiger partial charge in [0.05, 0.1) is 0 Å². The summed E-state index contributed by atoms with van der Waals surface area (Å²) in [4.78, 5) is 12.3. The molecule has 3 heteroatoms. The molecule has 0 aromatic heterocycles. The molecular weight excluding hydrogens is 214 g/mol. The zero-order chi connectivity index (χ0) is 12.1. The van der Waals surface area contributed by atoms with E-state index in [-0.39, 0.29) is 0 Å². The molecule has 86 valence electrons. The molecule has 0 atom stereocenters. The van der Waals surface area contributed by atoms with E-state index in [9.17, 15) is 9.90 Å². The summed E-state index contributed by atoms with van der Waals surface area (Å²) in [6, 6.07) is 18.4. The number of carboxylic acid groups (broad SMARTS) is 1. The summed E-state index contributed by atoms with van der Waals surface area (Å²) < 4.78 is 0. The van der Waals surface area contributed by atoms with Crippen molar-refractivity contribution in [2.45, 2.75) is 6.54 Å². The second-order valence-electron chi connectivity index (χ2n) is 3.67. The first-order chi connectivity index (χ1) is 8.27. The molecule has 0 aliphatic heterocycles. The molecule has 3 nitrogen and oxygen atoms in total. The van der Waals surface area contributed by atoms with Crippen molar-refractivity contribution >= 4 is 11.8 Å². The first kappa shape index (κ1) is 11.2. The van der Waals surface area contributed by atoms with Gasteiger partial charge in [-0.15, -0.1) is 0 Å². The minimum atomic E-state index is -1.19. The van der Waals surface area contributed by atoms with Gasteiger partial charge in [0.2, 0.25) is 0 Å². The van der Waals surface area contributed by atoms with Gasteiger partial charge in [-0.2, -0.15) is 0 Å². The fourth-order valence-electron chi connectivity index (χ4n) is 1.64. The largest absolute Gasteiger partial charge is 0.530 e. The molecule has 0 aliphatic carbocycles. The molecule has 0 heterocycles. The van der Waals surface area contributed by atoms with Crippen LogP contribution in [0.25, 0.3) is 0 Å². The summed E-state index contributed by atoms with van der Waals surface area (Å²) in [7, 11) is 0. The molecular formula is C14H12NO2-. The molecule has 2 aromatic rings. The smallest absolute Gasteiger partial charge is 0.141 e. The number of nitrogens with zero attached hydrogens (tertiary/aromatic N) is 1. The SMILES string of the molecule is O=C([O-])N(Cc1ccccc1)c1ccccc1. The van der Waals surface area contributed by atoms with Crippen molar-refractivity contribution in [1.82, 2.24) is 0 Å². The summed E-state index contributed by atoms with van der Waals surface area (Å²) in [5.41, 5.74) is 1.55. The molecule has 2 aromatic carbocycles. The molecule has 0 bridgehead atoms. The standard InChI is InChI=1S/C14H13NO2/c16-14(17)15(13-9-5-2-6-10-13)11-12-7-3-1-4-8-12/h1-10H,11H2,(H,16,17)/p-1.